The number of hydrogen-bond donors (Lipinski definition) is 2. The molecule has 0 radical (unpaired) electrons. The number of rotatable bonds is 7. The number of nitrogens with two attached hydrogens (primary N) is 2. The summed E-state index contributed by atoms with van der Waals surface area (Å²) in [5.74, 6) is 1.47. The van der Waals surface area contributed by atoms with Gasteiger partial charge in [0.15, 0.2) is 0 Å². The molecule has 1 aliphatic rings. The van der Waals surface area contributed by atoms with E-state index < -0.39 is 0 Å². The van der Waals surface area contributed by atoms with Gasteiger partial charge in [-0.3, -0.25) is 0 Å². The fraction of sp³-hybridized carbons (Fsp3) is 0.385. The normalized spacial score (nSPS) is 19.2. The molecule has 1 atom stereocenters. The molecular formula is C26H34N2O2. The van der Waals surface area contributed by atoms with E-state index in [1.807, 2.05) is 6.92 Å². The fourth-order valence-corrected chi connectivity index (χ4v) is 5.18. The van der Waals surface area contributed by atoms with Gasteiger partial charge in [0.25, 0.3) is 0 Å². The summed E-state index contributed by atoms with van der Waals surface area (Å²) in [6.07, 6.45) is 4.41. The number of nitrogen functional groups attached to an aromatic ring is 2. The van der Waals surface area contributed by atoms with Crippen molar-refractivity contribution in [1.82, 2.24) is 0 Å². The van der Waals surface area contributed by atoms with Crippen molar-refractivity contribution in [2.24, 2.45) is 0 Å². The van der Waals surface area contributed by atoms with Crippen molar-refractivity contribution in [3.05, 3.63) is 71.3 Å². The zero-order valence-corrected chi connectivity index (χ0v) is 18.9. The molecule has 0 saturated heterocycles. The summed E-state index contributed by atoms with van der Waals surface area (Å²) in [5, 5.41) is 0. The van der Waals surface area contributed by atoms with Crippen molar-refractivity contribution < 1.29 is 9.47 Å². The fourth-order valence-electron chi connectivity index (χ4n) is 5.18. The highest BCUT2D eigenvalue weighted by molar-refractivity contribution is 5.70. The largest absolute Gasteiger partial charge is 0.487 e. The third-order valence-electron chi connectivity index (χ3n) is 6.25. The SMILES string of the molecule is C=CCOc1c(C)cc(C2(C)CC(C)(C)c3cc(N)c(OCC=C)c(C)c32)cc1N. The summed E-state index contributed by atoms with van der Waals surface area (Å²) >= 11 is 0. The predicted molar refractivity (Wildman–Crippen MR) is 127 cm³/mol. The zero-order valence-electron chi connectivity index (χ0n) is 18.9. The van der Waals surface area contributed by atoms with Gasteiger partial charge >= 0.3 is 0 Å². The van der Waals surface area contributed by atoms with Crippen LogP contribution < -0.4 is 20.9 Å². The van der Waals surface area contributed by atoms with Gasteiger partial charge in [-0.15, -0.1) is 0 Å². The molecule has 0 amide bonds. The molecule has 160 valence electrons. The summed E-state index contributed by atoms with van der Waals surface area (Å²) in [6, 6.07) is 6.33. The number of anilines is 2. The van der Waals surface area contributed by atoms with E-state index in [-0.39, 0.29) is 10.8 Å². The minimum absolute atomic E-state index is 0.0272. The highest BCUT2D eigenvalue weighted by atomic mass is 16.5. The molecule has 4 N–H and O–H groups in total. The van der Waals surface area contributed by atoms with Gasteiger partial charge < -0.3 is 20.9 Å². The molecule has 1 aliphatic carbocycles. The van der Waals surface area contributed by atoms with Crippen molar-refractivity contribution in [2.75, 3.05) is 24.7 Å². The number of ether oxygens (including phenoxy) is 2. The second-order valence-corrected chi connectivity index (χ2v) is 9.15. The van der Waals surface area contributed by atoms with Crippen LogP contribution in [0.15, 0.2) is 43.5 Å². The van der Waals surface area contributed by atoms with Crippen LogP contribution in [0.4, 0.5) is 11.4 Å². The van der Waals surface area contributed by atoms with E-state index in [4.69, 9.17) is 20.9 Å². The molecule has 0 bridgehead atoms. The summed E-state index contributed by atoms with van der Waals surface area (Å²) in [5.41, 5.74) is 19.7. The Kier molecular flexibility index (Phi) is 5.64. The number of benzene rings is 2. The Morgan fingerprint density at radius 2 is 1.50 bits per heavy atom. The molecule has 0 heterocycles. The maximum Gasteiger partial charge on any atom is 0.145 e. The van der Waals surface area contributed by atoms with Crippen molar-refractivity contribution in [1.29, 1.82) is 0 Å². The minimum Gasteiger partial charge on any atom is -0.487 e. The first-order valence-corrected chi connectivity index (χ1v) is 10.4. The Balaban J connectivity index is 2.21. The van der Waals surface area contributed by atoms with Crippen molar-refractivity contribution in [2.45, 2.75) is 51.9 Å². The summed E-state index contributed by atoms with van der Waals surface area (Å²) in [7, 11) is 0. The van der Waals surface area contributed by atoms with E-state index >= 15 is 0 Å². The Hall–Kier alpha value is -2.88. The van der Waals surface area contributed by atoms with Gasteiger partial charge in [0.05, 0.1) is 11.4 Å². The van der Waals surface area contributed by atoms with Gasteiger partial charge in [-0.25, -0.2) is 0 Å². The van der Waals surface area contributed by atoms with E-state index in [1.165, 1.54) is 16.7 Å². The average Bonchev–Trinajstić information content (AvgIpc) is 2.87. The summed E-state index contributed by atoms with van der Waals surface area (Å²) in [6.45, 7) is 19.3. The first kappa shape index (κ1) is 21.8. The van der Waals surface area contributed by atoms with Gasteiger partial charge in [0, 0.05) is 5.41 Å². The molecule has 2 aromatic carbocycles. The molecule has 0 spiro atoms. The lowest BCUT2D eigenvalue weighted by Crippen LogP contribution is -2.24. The van der Waals surface area contributed by atoms with E-state index in [1.54, 1.807) is 12.2 Å². The lowest BCUT2D eigenvalue weighted by atomic mass is 9.73. The maximum absolute atomic E-state index is 6.42. The molecule has 0 aliphatic heterocycles. The number of aryl methyl sites for hydroxylation is 1. The molecule has 0 aromatic heterocycles. The van der Waals surface area contributed by atoms with Crippen molar-refractivity contribution in [3.63, 3.8) is 0 Å². The molecule has 0 saturated carbocycles. The lowest BCUT2D eigenvalue weighted by molar-refractivity contribution is 0.360. The van der Waals surface area contributed by atoms with E-state index in [0.29, 0.717) is 24.6 Å². The van der Waals surface area contributed by atoms with E-state index in [9.17, 15) is 0 Å². The number of fused-ring (bicyclic) bond motifs is 1. The zero-order chi connectivity index (χ0) is 22.3. The van der Waals surface area contributed by atoms with Crippen LogP contribution in [0.3, 0.4) is 0 Å². The standard InChI is InChI=1S/C26H34N2O2/c1-8-10-29-23-16(3)12-18(13-20(23)27)26(7)15-25(5,6)19-14-21(28)24(30-11-9-2)17(4)22(19)26/h8-9,12-14H,1-2,10-11,15,27-28H2,3-7H3. The molecule has 0 fully saturated rings. The van der Waals surface area contributed by atoms with Crippen molar-refractivity contribution in [3.8, 4) is 11.5 Å². The van der Waals surface area contributed by atoms with Crippen LogP contribution in [-0.4, -0.2) is 13.2 Å². The highest BCUT2D eigenvalue weighted by Gasteiger charge is 2.48. The van der Waals surface area contributed by atoms with Gasteiger partial charge in [-0.1, -0.05) is 52.1 Å². The molecule has 1 unspecified atom stereocenters. The maximum atomic E-state index is 6.42. The predicted octanol–water partition coefficient (Wildman–Crippen LogP) is 5.58. The van der Waals surface area contributed by atoms with Gasteiger partial charge in [-0.2, -0.15) is 0 Å². The van der Waals surface area contributed by atoms with Gasteiger partial charge in [0.2, 0.25) is 0 Å². The van der Waals surface area contributed by atoms with Crippen LogP contribution >= 0.6 is 0 Å². The number of hydrogen-bond acceptors (Lipinski definition) is 4. The third-order valence-corrected chi connectivity index (χ3v) is 6.25. The second-order valence-electron chi connectivity index (χ2n) is 9.15. The quantitative estimate of drug-likeness (QED) is 0.465. The monoisotopic (exact) mass is 406 g/mol. The van der Waals surface area contributed by atoms with Crippen LogP contribution in [-0.2, 0) is 10.8 Å². The molecule has 2 aromatic rings. The first-order chi connectivity index (χ1) is 14.1. The smallest absolute Gasteiger partial charge is 0.145 e. The van der Waals surface area contributed by atoms with Crippen LogP contribution in [0.1, 0.15) is 55.0 Å². The van der Waals surface area contributed by atoms with Crippen LogP contribution in [0.25, 0.3) is 0 Å². The van der Waals surface area contributed by atoms with Gasteiger partial charge in [-0.05, 0) is 65.6 Å². The lowest BCUT2D eigenvalue weighted by Gasteiger charge is -2.31. The molecule has 30 heavy (non-hydrogen) atoms. The molecule has 4 heteroatoms. The molecular weight excluding hydrogens is 372 g/mol. The van der Waals surface area contributed by atoms with Crippen LogP contribution in [0.5, 0.6) is 11.5 Å². The molecule has 4 nitrogen and oxygen atoms in total. The van der Waals surface area contributed by atoms with E-state index in [0.717, 1.165) is 29.0 Å². The average molecular weight is 407 g/mol. The van der Waals surface area contributed by atoms with Crippen molar-refractivity contribution >= 4 is 11.4 Å². The first-order valence-electron chi connectivity index (χ1n) is 10.4. The Labute approximate surface area is 180 Å². The summed E-state index contributed by atoms with van der Waals surface area (Å²) in [4.78, 5) is 0. The second kappa shape index (κ2) is 7.75. The highest BCUT2D eigenvalue weighted by Crippen LogP contribution is 2.57. The minimum atomic E-state index is -0.223. The van der Waals surface area contributed by atoms with Crippen LogP contribution in [0, 0.1) is 13.8 Å². The Morgan fingerprint density at radius 1 is 0.933 bits per heavy atom. The van der Waals surface area contributed by atoms with Crippen LogP contribution in [0.2, 0.25) is 0 Å². The summed E-state index contributed by atoms with van der Waals surface area (Å²) < 4.78 is 11.7. The Morgan fingerprint density at radius 3 is 2.07 bits per heavy atom. The third kappa shape index (κ3) is 3.45. The van der Waals surface area contributed by atoms with E-state index in [2.05, 4.69) is 59.1 Å². The topological polar surface area (TPSA) is 70.5 Å². The molecule has 3 rings (SSSR count). The Bertz CT molecular complexity index is 984. The van der Waals surface area contributed by atoms with Gasteiger partial charge in [0.1, 0.15) is 24.7 Å².